The molecule has 0 radical (unpaired) electrons. The van der Waals surface area contributed by atoms with Crippen LogP contribution in [0.5, 0.6) is 0 Å². The highest BCUT2D eigenvalue weighted by molar-refractivity contribution is 5.77. The number of rotatable bonds is 4. The maximum absolute atomic E-state index is 13.4. The number of β-amino-alcohol motifs (C(OH)–C–C–N with tert-alkyl or cyclic N) is 1. The molecule has 2 fully saturated rings. The fourth-order valence-corrected chi connectivity index (χ4v) is 4.24. The van der Waals surface area contributed by atoms with E-state index in [-0.39, 0.29) is 17.1 Å². The molecule has 1 amide bonds. The molecule has 2 saturated heterocycles. The summed E-state index contributed by atoms with van der Waals surface area (Å²) in [6.07, 6.45) is 3.25. The van der Waals surface area contributed by atoms with Gasteiger partial charge in [0, 0.05) is 26.1 Å². The zero-order valence-corrected chi connectivity index (χ0v) is 15.3. The number of aliphatic hydroxyl groups excluding tert-OH is 1. The minimum absolute atomic E-state index is 0.147. The molecule has 1 aromatic carbocycles. The van der Waals surface area contributed by atoms with Gasteiger partial charge in [0.25, 0.3) is 0 Å². The van der Waals surface area contributed by atoms with E-state index in [1.165, 1.54) is 0 Å². The second-order valence-electron chi connectivity index (χ2n) is 7.98. The van der Waals surface area contributed by atoms with E-state index in [1.807, 2.05) is 17.0 Å². The number of hydrogen-bond acceptors (Lipinski definition) is 3. The first-order valence-electron chi connectivity index (χ1n) is 9.30. The molecule has 1 N–H and O–H groups in total. The SMILES string of the molecule is Cc1cc(CN2CCC3(CCC(=O)N(C[C@H](C)O)C3)CC2)ccc1F. The predicted molar refractivity (Wildman–Crippen MR) is 95.6 cm³/mol. The molecule has 0 bridgehead atoms. The van der Waals surface area contributed by atoms with Gasteiger partial charge in [-0.1, -0.05) is 12.1 Å². The molecule has 0 aromatic heterocycles. The number of halogens is 1. The third kappa shape index (κ3) is 4.39. The second-order valence-corrected chi connectivity index (χ2v) is 7.98. The van der Waals surface area contributed by atoms with E-state index in [0.717, 1.165) is 51.0 Å². The molecule has 3 rings (SSSR count). The molecule has 2 aliphatic rings. The third-order valence-corrected chi connectivity index (χ3v) is 5.78. The minimum atomic E-state index is -0.471. The maximum Gasteiger partial charge on any atom is 0.222 e. The summed E-state index contributed by atoms with van der Waals surface area (Å²) in [4.78, 5) is 16.4. The van der Waals surface area contributed by atoms with Gasteiger partial charge in [-0.3, -0.25) is 9.69 Å². The first kappa shape index (κ1) is 18.3. The number of carbonyl (C=O) groups is 1. The van der Waals surface area contributed by atoms with Gasteiger partial charge in [-0.2, -0.15) is 0 Å². The van der Waals surface area contributed by atoms with E-state index in [0.29, 0.717) is 18.5 Å². The van der Waals surface area contributed by atoms with E-state index >= 15 is 0 Å². The predicted octanol–water partition coefficient (Wildman–Crippen LogP) is 2.72. The Hall–Kier alpha value is -1.46. The topological polar surface area (TPSA) is 43.8 Å². The molecule has 1 atom stereocenters. The Balaban J connectivity index is 1.57. The van der Waals surface area contributed by atoms with Gasteiger partial charge in [0.15, 0.2) is 0 Å². The largest absolute Gasteiger partial charge is 0.392 e. The molecule has 138 valence electrons. The van der Waals surface area contributed by atoms with Crippen LogP contribution in [0.4, 0.5) is 4.39 Å². The Kier molecular flexibility index (Phi) is 5.44. The average molecular weight is 348 g/mol. The van der Waals surface area contributed by atoms with Crippen molar-refractivity contribution in [3.8, 4) is 0 Å². The number of aliphatic hydroxyl groups is 1. The molecule has 25 heavy (non-hydrogen) atoms. The zero-order chi connectivity index (χ0) is 18.0. The summed E-state index contributed by atoms with van der Waals surface area (Å²) in [6.45, 7) is 7.63. The minimum Gasteiger partial charge on any atom is -0.392 e. The lowest BCUT2D eigenvalue weighted by Crippen LogP contribution is -2.52. The first-order chi connectivity index (χ1) is 11.9. The second kappa shape index (κ2) is 7.42. The smallest absolute Gasteiger partial charge is 0.222 e. The molecule has 5 heteroatoms. The van der Waals surface area contributed by atoms with Crippen molar-refractivity contribution < 1.29 is 14.3 Å². The van der Waals surface area contributed by atoms with Crippen LogP contribution in [0.3, 0.4) is 0 Å². The van der Waals surface area contributed by atoms with Crippen molar-refractivity contribution in [1.29, 1.82) is 0 Å². The van der Waals surface area contributed by atoms with Crippen LogP contribution in [0.1, 0.15) is 43.7 Å². The van der Waals surface area contributed by atoms with Gasteiger partial charge >= 0.3 is 0 Å². The lowest BCUT2D eigenvalue weighted by atomic mass is 9.72. The Morgan fingerprint density at radius 1 is 1.28 bits per heavy atom. The van der Waals surface area contributed by atoms with Crippen LogP contribution >= 0.6 is 0 Å². The van der Waals surface area contributed by atoms with Crippen molar-refractivity contribution in [2.24, 2.45) is 5.41 Å². The quantitative estimate of drug-likeness (QED) is 0.910. The lowest BCUT2D eigenvalue weighted by molar-refractivity contribution is -0.140. The van der Waals surface area contributed by atoms with E-state index in [2.05, 4.69) is 4.90 Å². The van der Waals surface area contributed by atoms with Gasteiger partial charge in [-0.15, -0.1) is 0 Å². The average Bonchev–Trinajstić information content (AvgIpc) is 2.56. The Morgan fingerprint density at radius 2 is 2.00 bits per heavy atom. The van der Waals surface area contributed by atoms with Gasteiger partial charge in [0.05, 0.1) is 6.10 Å². The maximum atomic E-state index is 13.4. The molecule has 0 aliphatic carbocycles. The number of carbonyl (C=O) groups excluding carboxylic acids is 1. The summed E-state index contributed by atoms with van der Waals surface area (Å²) in [7, 11) is 0. The number of nitrogens with zero attached hydrogens (tertiary/aromatic N) is 2. The monoisotopic (exact) mass is 348 g/mol. The summed E-state index contributed by atoms with van der Waals surface area (Å²) in [5, 5.41) is 9.63. The molecule has 1 spiro atoms. The summed E-state index contributed by atoms with van der Waals surface area (Å²) in [6, 6.07) is 5.36. The molecule has 2 heterocycles. The number of amides is 1. The van der Waals surface area contributed by atoms with Crippen LogP contribution in [0.25, 0.3) is 0 Å². The first-order valence-corrected chi connectivity index (χ1v) is 9.30. The number of hydrogen-bond donors (Lipinski definition) is 1. The van der Waals surface area contributed by atoms with E-state index in [9.17, 15) is 14.3 Å². The van der Waals surface area contributed by atoms with Crippen LogP contribution in [0, 0.1) is 18.2 Å². The summed E-state index contributed by atoms with van der Waals surface area (Å²) >= 11 is 0. The van der Waals surface area contributed by atoms with Gasteiger partial charge in [-0.05, 0) is 68.8 Å². The van der Waals surface area contributed by atoms with Gasteiger partial charge in [0.1, 0.15) is 5.82 Å². The molecule has 1 aromatic rings. The van der Waals surface area contributed by atoms with Crippen molar-refractivity contribution in [2.75, 3.05) is 26.2 Å². The van der Waals surface area contributed by atoms with E-state index in [4.69, 9.17) is 0 Å². The lowest BCUT2D eigenvalue weighted by Gasteiger charge is -2.47. The van der Waals surface area contributed by atoms with Crippen LogP contribution in [0.2, 0.25) is 0 Å². The number of likely N-dealkylation sites (tertiary alicyclic amines) is 2. The summed E-state index contributed by atoms with van der Waals surface area (Å²) < 4.78 is 13.4. The van der Waals surface area contributed by atoms with Crippen molar-refractivity contribution in [2.45, 2.75) is 52.2 Å². The number of piperidine rings is 2. The van der Waals surface area contributed by atoms with E-state index < -0.39 is 6.10 Å². The number of aryl methyl sites for hydroxylation is 1. The molecule has 2 aliphatic heterocycles. The molecule has 0 saturated carbocycles. The highest BCUT2D eigenvalue weighted by Crippen LogP contribution is 2.40. The third-order valence-electron chi connectivity index (χ3n) is 5.78. The Bertz CT molecular complexity index is 624. The van der Waals surface area contributed by atoms with Gasteiger partial charge < -0.3 is 10.0 Å². The standard InChI is InChI=1S/C20H29FN2O2/c1-15-11-17(3-4-18(15)21)13-22-9-7-20(8-10-22)6-5-19(25)23(14-20)12-16(2)24/h3-4,11,16,24H,5-10,12-14H2,1-2H3/t16-/m0/s1. The Labute approximate surface area is 149 Å². The van der Waals surface area contributed by atoms with Crippen LogP contribution in [0.15, 0.2) is 18.2 Å². The van der Waals surface area contributed by atoms with E-state index in [1.54, 1.807) is 19.9 Å². The normalized spacial score (nSPS) is 22.4. The van der Waals surface area contributed by atoms with Crippen LogP contribution in [-0.2, 0) is 11.3 Å². The van der Waals surface area contributed by atoms with Crippen LogP contribution in [-0.4, -0.2) is 53.1 Å². The zero-order valence-electron chi connectivity index (χ0n) is 15.3. The molecule has 0 unspecified atom stereocenters. The Morgan fingerprint density at radius 3 is 2.64 bits per heavy atom. The van der Waals surface area contributed by atoms with Crippen LogP contribution < -0.4 is 0 Å². The van der Waals surface area contributed by atoms with Crippen molar-refractivity contribution >= 4 is 5.91 Å². The highest BCUT2D eigenvalue weighted by atomic mass is 19.1. The van der Waals surface area contributed by atoms with Crippen molar-refractivity contribution in [3.05, 3.63) is 35.1 Å². The fourth-order valence-electron chi connectivity index (χ4n) is 4.24. The summed E-state index contributed by atoms with van der Waals surface area (Å²) in [5.74, 6) is 0.0298. The number of benzene rings is 1. The van der Waals surface area contributed by atoms with Crippen molar-refractivity contribution in [3.63, 3.8) is 0 Å². The highest BCUT2D eigenvalue weighted by Gasteiger charge is 2.41. The molecule has 4 nitrogen and oxygen atoms in total. The van der Waals surface area contributed by atoms with Gasteiger partial charge in [0.2, 0.25) is 5.91 Å². The molecular formula is C20H29FN2O2. The van der Waals surface area contributed by atoms with Crippen molar-refractivity contribution in [1.82, 2.24) is 9.80 Å². The molecular weight excluding hydrogens is 319 g/mol. The van der Waals surface area contributed by atoms with Gasteiger partial charge in [-0.25, -0.2) is 4.39 Å². The fraction of sp³-hybridized carbons (Fsp3) is 0.650. The summed E-state index contributed by atoms with van der Waals surface area (Å²) in [5.41, 5.74) is 2.06.